The molecule has 1 unspecified atom stereocenters. The van der Waals surface area contributed by atoms with Crippen LogP contribution in [0.2, 0.25) is 10.0 Å². The van der Waals surface area contributed by atoms with Crippen LogP contribution in [0.5, 0.6) is 0 Å². The Bertz CT molecular complexity index is 635. The molecule has 2 rings (SSSR count). The molecule has 2 N–H and O–H groups in total. The summed E-state index contributed by atoms with van der Waals surface area (Å²) in [7, 11) is 0. The molecule has 0 saturated carbocycles. The largest absolute Gasteiger partial charge is 0.480 e. The number of carbonyl (C=O) groups excluding carboxylic acids is 2. The molecule has 2 atom stereocenters. The lowest BCUT2D eigenvalue weighted by Crippen LogP contribution is -2.44. The van der Waals surface area contributed by atoms with Crippen LogP contribution in [-0.4, -0.2) is 35.5 Å². The number of nitrogens with one attached hydrogen (secondary N) is 1. The van der Waals surface area contributed by atoms with Crippen molar-refractivity contribution in [2.45, 2.75) is 19.4 Å². The fraction of sp³-hybridized carbons (Fsp3) is 0.357. The minimum absolute atomic E-state index is 0.317. The Hall–Kier alpha value is -1.79. The number of carboxylic acid groups (broad SMARTS) is 1. The van der Waals surface area contributed by atoms with Gasteiger partial charge in [0.25, 0.3) is 0 Å². The Morgan fingerprint density at radius 1 is 1.36 bits per heavy atom. The van der Waals surface area contributed by atoms with Crippen LogP contribution in [0.4, 0.5) is 5.69 Å². The Morgan fingerprint density at radius 3 is 2.64 bits per heavy atom. The minimum atomic E-state index is -1.15. The fourth-order valence-corrected chi connectivity index (χ4v) is 2.50. The lowest BCUT2D eigenvalue weighted by molar-refractivity contribution is -0.143. The van der Waals surface area contributed by atoms with E-state index in [4.69, 9.17) is 28.3 Å². The molecule has 1 fully saturated rings. The molecule has 0 aliphatic carbocycles. The van der Waals surface area contributed by atoms with Crippen molar-refractivity contribution in [3.8, 4) is 0 Å². The van der Waals surface area contributed by atoms with Crippen LogP contribution >= 0.6 is 23.2 Å². The molecular weight excluding hydrogens is 331 g/mol. The van der Waals surface area contributed by atoms with Gasteiger partial charge in [-0.25, -0.2) is 0 Å². The molecule has 1 aromatic carbocycles. The summed E-state index contributed by atoms with van der Waals surface area (Å²) >= 11 is 11.8. The molecule has 1 saturated heterocycles. The van der Waals surface area contributed by atoms with Gasteiger partial charge in [0.05, 0.1) is 10.0 Å². The number of carboxylic acids is 1. The van der Waals surface area contributed by atoms with Gasteiger partial charge in [-0.2, -0.15) is 0 Å². The van der Waals surface area contributed by atoms with Crippen molar-refractivity contribution in [3.63, 3.8) is 0 Å². The molecule has 22 heavy (non-hydrogen) atoms. The monoisotopic (exact) mass is 344 g/mol. The third-order valence-corrected chi connectivity index (χ3v) is 4.21. The minimum Gasteiger partial charge on any atom is -0.480 e. The summed E-state index contributed by atoms with van der Waals surface area (Å²) in [6, 6.07) is 3.74. The average molecular weight is 345 g/mol. The average Bonchev–Trinajstić information content (AvgIpc) is 2.83. The second-order valence-electron chi connectivity index (χ2n) is 5.00. The van der Waals surface area contributed by atoms with Gasteiger partial charge in [0.2, 0.25) is 11.8 Å². The van der Waals surface area contributed by atoms with Crippen molar-refractivity contribution in [2.75, 3.05) is 11.4 Å². The second kappa shape index (κ2) is 6.54. The number of hydrogen-bond acceptors (Lipinski definition) is 3. The van der Waals surface area contributed by atoms with Crippen molar-refractivity contribution in [1.29, 1.82) is 0 Å². The predicted octanol–water partition coefficient (Wildman–Crippen LogP) is 1.94. The van der Waals surface area contributed by atoms with E-state index in [0.717, 1.165) is 0 Å². The van der Waals surface area contributed by atoms with Crippen LogP contribution < -0.4 is 10.2 Å². The molecule has 2 amide bonds. The fourth-order valence-electron chi connectivity index (χ4n) is 2.21. The summed E-state index contributed by atoms with van der Waals surface area (Å²) in [5.74, 6) is -3.01. The van der Waals surface area contributed by atoms with E-state index in [0.29, 0.717) is 28.7 Å². The van der Waals surface area contributed by atoms with Crippen molar-refractivity contribution in [1.82, 2.24) is 5.32 Å². The number of nitrogens with zero attached hydrogens (tertiary/aromatic N) is 1. The van der Waals surface area contributed by atoms with Gasteiger partial charge >= 0.3 is 5.97 Å². The van der Waals surface area contributed by atoms with E-state index in [9.17, 15) is 14.4 Å². The predicted molar refractivity (Wildman–Crippen MR) is 82.2 cm³/mol. The van der Waals surface area contributed by atoms with Gasteiger partial charge < -0.3 is 15.3 Å². The number of aliphatic carboxylic acids is 1. The lowest BCUT2D eigenvalue weighted by Gasteiger charge is -2.18. The zero-order valence-electron chi connectivity index (χ0n) is 11.7. The maximum Gasteiger partial charge on any atom is 0.325 e. The Morgan fingerprint density at radius 2 is 2.05 bits per heavy atom. The summed E-state index contributed by atoms with van der Waals surface area (Å²) in [6.07, 6.45) is 0.317. The van der Waals surface area contributed by atoms with E-state index in [-0.39, 0.29) is 5.91 Å². The smallest absolute Gasteiger partial charge is 0.325 e. The van der Waals surface area contributed by atoms with Crippen molar-refractivity contribution >= 4 is 46.7 Å². The summed E-state index contributed by atoms with van der Waals surface area (Å²) in [4.78, 5) is 36.5. The van der Waals surface area contributed by atoms with Gasteiger partial charge in [-0.1, -0.05) is 23.2 Å². The van der Waals surface area contributed by atoms with Crippen LogP contribution in [0, 0.1) is 5.92 Å². The zero-order valence-corrected chi connectivity index (χ0v) is 13.2. The Kier molecular flexibility index (Phi) is 4.93. The number of benzene rings is 1. The number of amides is 2. The van der Waals surface area contributed by atoms with E-state index < -0.39 is 23.8 Å². The van der Waals surface area contributed by atoms with E-state index in [1.165, 1.54) is 11.8 Å². The molecule has 0 radical (unpaired) electrons. The summed E-state index contributed by atoms with van der Waals surface area (Å²) in [5.41, 5.74) is 0.556. The van der Waals surface area contributed by atoms with E-state index in [1.807, 2.05) is 0 Å². The summed E-state index contributed by atoms with van der Waals surface area (Å²) in [6.45, 7) is 1.70. The first kappa shape index (κ1) is 16.6. The quantitative estimate of drug-likeness (QED) is 0.817. The van der Waals surface area contributed by atoms with Gasteiger partial charge in [0, 0.05) is 12.2 Å². The van der Waals surface area contributed by atoms with Crippen molar-refractivity contribution in [3.05, 3.63) is 28.2 Å². The topological polar surface area (TPSA) is 86.7 Å². The first-order valence-electron chi connectivity index (χ1n) is 6.61. The summed E-state index contributed by atoms with van der Waals surface area (Å²) < 4.78 is 0. The van der Waals surface area contributed by atoms with Crippen molar-refractivity contribution in [2.24, 2.45) is 5.92 Å². The van der Waals surface area contributed by atoms with Crippen LogP contribution in [0.15, 0.2) is 18.2 Å². The third-order valence-electron chi connectivity index (χ3n) is 3.47. The van der Waals surface area contributed by atoms with Crippen LogP contribution in [0.1, 0.15) is 13.3 Å². The molecule has 0 spiro atoms. The Labute approximate surface area is 137 Å². The number of anilines is 1. The SMILES string of the molecule is C[C@@H](NC(=O)C1CCN(c2ccc(Cl)c(Cl)c2)C1=O)C(=O)O. The van der Waals surface area contributed by atoms with E-state index in [1.54, 1.807) is 18.2 Å². The molecule has 1 aromatic rings. The molecule has 0 bridgehead atoms. The maximum absolute atomic E-state index is 12.3. The molecule has 0 aromatic heterocycles. The van der Waals surface area contributed by atoms with Gasteiger partial charge in [-0.05, 0) is 31.5 Å². The number of rotatable bonds is 4. The van der Waals surface area contributed by atoms with Crippen LogP contribution in [0.3, 0.4) is 0 Å². The molecule has 8 heteroatoms. The summed E-state index contributed by atoms with van der Waals surface area (Å²) in [5, 5.41) is 11.8. The highest BCUT2D eigenvalue weighted by Crippen LogP contribution is 2.31. The standard InChI is InChI=1S/C14H14Cl2N2O4/c1-7(14(21)22)17-12(19)9-4-5-18(13(9)20)8-2-3-10(15)11(16)6-8/h2-3,6-7,9H,4-5H2,1H3,(H,17,19)(H,21,22)/t7-,9?/m1/s1. The molecule has 6 nitrogen and oxygen atoms in total. The lowest BCUT2D eigenvalue weighted by atomic mass is 10.1. The van der Waals surface area contributed by atoms with Gasteiger partial charge in [-0.3, -0.25) is 14.4 Å². The zero-order chi connectivity index (χ0) is 16.4. The third kappa shape index (κ3) is 3.34. The Balaban J connectivity index is 2.10. The highest BCUT2D eigenvalue weighted by Gasteiger charge is 2.38. The molecule has 118 valence electrons. The van der Waals surface area contributed by atoms with E-state index in [2.05, 4.69) is 5.32 Å². The number of halogens is 2. The molecule has 1 aliphatic rings. The first-order valence-corrected chi connectivity index (χ1v) is 7.36. The van der Waals surface area contributed by atoms with Gasteiger partial charge in [-0.15, -0.1) is 0 Å². The molecule has 1 aliphatic heterocycles. The highest BCUT2D eigenvalue weighted by atomic mass is 35.5. The molecular formula is C14H14Cl2N2O4. The first-order chi connectivity index (χ1) is 10.3. The number of hydrogen-bond donors (Lipinski definition) is 2. The highest BCUT2D eigenvalue weighted by molar-refractivity contribution is 6.42. The van der Waals surface area contributed by atoms with Gasteiger partial charge in [0.1, 0.15) is 12.0 Å². The maximum atomic E-state index is 12.3. The second-order valence-corrected chi connectivity index (χ2v) is 5.81. The number of carbonyl (C=O) groups is 3. The van der Waals surface area contributed by atoms with Gasteiger partial charge in [0.15, 0.2) is 0 Å². The molecule has 1 heterocycles. The van der Waals surface area contributed by atoms with E-state index >= 15 is 0 Å². The van der Waals surface area contributed by atoms with Crippen molar-refractivity contribution < 1.29 is 19.5 Å². The van der Waals surface area contributed by atoms with Crippen LogP contribution in [-0.2, 0) is 14.4 Å². The van der Waals surface area contributed by atoms with Crippen LogP contribution in [0.25, 0.3) is 0 Å². The normalized spacial score (nSPS) is 19.1.